The van der Waals surface area contributed by atoms with E-state index in [0.29, 0.717) is 6.61 Å². The molecule has 0 aromatic heterocycles. The molecule has 2 N–H and O–H groups in total. The Morgan fingerprint density at radius 2 is 1.88 bits per heavy atom. The van der Waals surface area contributed by atoms with Crippen molar-refractivity contribution >= 4 is 6.16 Å². The van der Waals surface area contributed by atoms with Crippen molar-refractivity contribution in [2.24, 2.45) is 0 Å². The third kappa shape index (κ3) is 7.59. The van der Waals surface area contributed by atoms with Gasteiger partial charge in [-0.25, -0.2) is 4.79 Å². The van der Waals surface area contributed by atoms with Crippen molar-refractivity contribution < 1.29 is 13.9 Å². The molecule has 0 aromatic carbocycles. The SMILES string of the molecule is CNC(C)(C)CCOC(C)(C)CNC(=O)F. The van der Waals surface area contributed by atoms with Gasteiger partial charge in [-0.05, 0) is 41.2 Å². The molecule has 0 fully saturated rings. The molecule has 0 heterocycles. The molecule has 96 valence electrons. The van der Waals surface area contributed by atoms with E-state index in [9.17, 15) is 9.18 Å². The number of carbonyl (C=O) groups excluding carboxylic acids is 1. The standard InChI is InChI=1S/C11H23FN2O2/c1-10(2,13-5)6-7-16-11(3,4)8-14-9(12)15/h13H,6-8H2,1-5H3,(H,14,15). The summed E-state index contributed by atoms with van der Waals surface area (Å²) in [4.78, 5) is 10.1. The number of halogens is 1. The molecule has 0 saturated heterocycles. The van der Waals surface area contributed by atoms with E-state index >= 15 is 0 Å². The van der Waals surface area contributed by atoms with Gasteiger partial charge >= 0.3 is 6.16 Å². The number of amides is 1. The summed E-state index contributed by atoms with van der Waals surface area (Å²) in [5.74, 6) is 0. The molecule has 0 rings (SSSR count). The molecule has 16 heavy (non-hydrogen) atoms. The molecule has 1 amide bonds. The van der Waals surface area contributed by atoms with E-state index in [1.807, 2.05) is 20.9 Å². The predicted octanol–water partition coefficient (Wildman–Crippen LogP) is 1.85. The summed E-state index contributed by atoms with van der Waals surface area (Å²) < 4.78 is 17.6. The fraction of sp³-hybridized carbons (Fsp3) is 0.909. The second-order valence-corrected chi connectivity index (χ2v) is 5.12. The quantitative estimate of drug-likeness (QED) is 0.522. The molecule has 0 aliphatic rings. The summed E-state index contributed by atoms with van der Waals surface area (Å²) in [6.45, 7) is 8.51. The highest BCUT2D eigenvalue weighted by atomic mass is 19.1. The Morgan fingerprint density at radius 3 is 2.31 bits per heavy atom. The van der Waals surface area contributed by atoms with E-state index in [0.717, 1.165) is 6.42 Å². The highest BCUT2D eigenvalue weighted by Crippen LogP contribution is 2.12. The maximum Gasteiger partial charge on any atom is 0.397 e. The van der Waals surface area contributed by atoms with E-state index in [-0.39, 0.29) is 12.1 Å². The fourth-order valence-electron chi connectivity index (χ4n) is 1.04. The first-order valence-electron chi connectivity index (χ1n) is 5.45. The van der Waals surface area contributed by atoms with Crippen molar-refractivity contribution in [2.75, 3.05) is 20.2 Å². The Labute approximate surface area is 96.9 Å². The van der Waals surface area contributed by atoms with Crippen LogP contribution in [0.4, 0.5) is 9.18 Å². The van der Waals surface area contributed by atoms with Crippen molar-refractivity contribution in [2.45, 2.75) is 45.3 Å². The van der Waals surface area contributed by atoms with Crippen molar-refractivity contribution in [1.82, 2.24) is 10.6 Å². The van der Waals surface area contributed by atoms with E-state index in [4.69, 9.17) is 4.74 Å². The summed E-state index contributed by atoms with van der Waals surface area (Å²) in [6.07, 6.45) is -0.677. The highest BCUT2D eigenvalue weighted by molar-refractivity contribution is 5.65. The minimum Gasteiger partial charge on any atom is -0.374 e. The molecule has 5 heteroatoms. The topological polar surface area (TPSA) is 50.4 Å². The summed E-state index contributed by atoms with van der Waals surface area (Å²) in [6, 6.07) is 0. The molecular weight excluding hydrogens is 211 g/mol. The lowest BCUT2D eigenvalue weighted by atomic mass is 10.0. The van der Waals surface area contributed by atoms with E-state index in [1.165, 1.54) is 0 Å². The molecule has 0 aliphatic carbocycles. The third-order valence-electron chi connectivity index (χ3n) is 2.55. The van der Waals surface area contributed by atoms with Gasteiger partial charge in [0.1, 0.15) is 0 Å². The first kappa shape index (κ1) is 15.3. The van der Waals surface area contributed by atoms with Crippen molar-refractivity contribution in [1.29, 1.82) is 0 Å². The number of rotatable bonds is 7. The van der Waals surface area contributed by atoms with E-state index < -0.39 is 11.8 Å². The van der Waals surface area contributed by atoms with Crippen molar-refractivity contribution in [3.8, 4) is 0 Å². The van der Waals surface area contributed by atoms with Crippen LogP contribution in [0.2, 0.25) is 0 Å². The Morgan fingerprint density at radius 1 is 1.31 bits per heavy atom. The molecule has 0 aromatic rings. The average Bonchev–Trinajstić information content (AvgIpc) is 2.14. The van der Waals surface area contributed by atoms with Crippen molar-refractivity contribution in [3.05, 3.63) is 0 Å². The van der Waals surface area contributed by atoms with E-state index in [1.54, 1.807) is 0 Å². The average molecular weight is 234 g/mol. The molecule has 0 aliphatic heterocycles. The summed E-state index contributed by atoms with van der Waals surface area (Å²) >= 11 is 0. The van der Waals surface area contributed by atoms with Gasteiger partial charge in [0, 0.05) is 18.7 Å². The Kier molecular flexibility index (Phi) is 5.89. The van der Waals surface area contributed by atoms with Gasteiger partial charge in [0.05, 0.1) is 5.60 Å². The maximum absolute atomic E-state index is 12.0. The normalized spacial score (nSPS) is 12.6. The van der Waals surface area contributed by atoms with Crippen LogP contribution < -0.4 is 10.6 Å². The number of nitrogens with one attached hydrogen (secondary N) is 2. The van der Waals surface area contributed by atoms with Crippen LogP contribution in [-0.4, -0.2) is 37.5 Å². The zero-order valence-corrected chi connectivity index (χ0v) is 10.8. The van der Waals surface area contributed by atoms with Gasteiger partial charge in [0.2, 0.25) is 0 Å². The zero-order valence-electron chi connectivity index (χ0n) is 10.8. The molecule has 0 bridgehead atoms. The van der Waals surface area contributed by atoms with Gasteiger partial charge in [-0.2, -0.15) is 0 Å². The minimum atomic E-state index is -1.52. The number of carbonyl (C=O) groups is 1. The van der Waals surface area contributed by atoms with Crippen LogP contribution in [-0.2, 0) is 4.74 Å². The molecule has 0 radical (unpaired) electrons. The summed E-state index contributed by atoms with van der Waals surface area (Å²) in [5, 5.41) is 5.27. The Hall–Kier alpha value is -0.680. The van der Waals surface area contributed by atoms with Gasteiger partial charge in [-0.1, -0.05) is 0 Å². The van der Waals surface area contributed by atoms with E-state index in [2.05, 4.69) is 24.5 Å². The van der Waals surface area contributed by atoms with Gasteiger partial charge in [-0.15, -0.1) is 4.39 Å². The van der Waals surface area contributed by atoms with Crippen molar-refractivity contribution in [3.63, 3.8) is 0 Å². The van der Waals surface area contributed by atoms with Crippen LogP contribution in [0.15, 0.2) is 0 Å². The molecule has 4 nitrogen and oxygen atoms in total. The lowest BCUT2D eigenvalue weighted by Crippen LogP contribution is -2.42. The molecule has 0 unspecified atom stereocenters. The van der Waals surface area contributed by atoms with Gasteiger partial charge in [0.15, 0.2) is 0 Å². The van der Waals surface area contributed by atoms with Gasteiger partial charge in [0.25, 0.3) is 0 Å². The fourth-order valence-corrected chi connectivity index (χ4v) is 1.04. The Bertz CT molecular complexity index is 230. The zero-order chi connectivity index (χ0) is 12.8. The molecule has 0 spiro atoms. The second kappa shape index (κ2) is 6.15. The van der Waals surface area contributed by atoms with Crippen LogP contribution in [0, 0.1) is 0 Å². The van der Waals surface area contributed by atoms with Crippen LogP contribution >= 0.6 is 0 Å². The predicted molar refractivity (Wildman–Crippen MR) is 62.3 cm³/mol. The van der Waals surface area contributed by atoms with Gasteiger partial charge < -0.3 is 15.4 Å². The summed E-state index contributed by atoms with van der Waals surface area (Å²) in [5.41, 5.74) is -0.537. The largest absolute Gasteiger partial charge is 0.397 e. The number of ether oxygens (including phenoxy) is 1. The highest BCUT2D eigenvalue weighted by Gasteiger charge is 2.21. The van der Waals surface area contributed by atoms with Gasteiger partial charge in [-0.3, -0.25) is 0 Å². The molecular formula is C11H23FN2O2. The first-order chi connectivity index (χ1) is 7.18. The molecule has 0 saturated carbocycles. The lowest BCUT2D eigenvalue weighted by molar-refractivity contribution is -0.0224. The second-order valence-electron chi connectivity index (χ2n) is 5.12. The third-order valence-corrected chi connectivity index (χ3v) is 2.55. The smallest absolute Gasteiger partial charge is 0.374 e. The summed E-state index contributed by atoms with van der Waals surface area (Å²) in [7, 11) is 1.90. The number of hydrogen-bond acceptors (Lipinski definition) is 3. The lowest BCUT2D eigenvalue weighted by Gasteiger charge is -2.29. The minimum absolute atomic E-state index is 0.0133. The molecule has 0 atom stereocenters. The van der Waals surface area contributed by atoms with Crippen LogP contribution in [0.5, 0.6) is 0 Å². The first-order valence-corrected chi connectivity index (χ1v) is 5.45. The van der Waals surface area contributed by atoms with Crippen LogP contribution in [0.1, 0.15) is 34.1 Å². The number of hydrogen-bond donors (Lipinski definition) is 2. The monoisotopic (exact) mass is 234 g/mol. The Balaban J connectivity index is 3.86. The maximum atomic E-state index is 12.0. The van der Waals surface area contributed by atoms with Crippen LogP contribution in [0.25, 0.3) is 0 Å². The van der Waals surface area contributed by atoms with Crippen LogP contribution in [0.3, 0.4) is 0 Å².